The van der Waals surface area contributed by atoms with Crippen molar-refractivity contribution < 1.29 is 17.9 Å². The number of thioether (sulfide) groups is 1. The summed E-state index contributed by atoms with van der Waals surface area (Å²) < 4.78 is 31.1. The summed E-state index contributed by atoms with van der Waals surface area (Å²) in [6.07, 6.45) is 1.29. The van der Waals surface area contributed by atoms with Gasteiger partial charge < -0.3 is 20.3 Å². The van der Waals surface area contributed by atoms with Crippen LogP contribution in [0.5, 0.6) is 0 Å². The fourth-order valence-corrected chi connectivity index (χ4v) is 5.53. The molecule has 0 saturated carbocycles. The van der Waals surface area contributed by atoms with E-state index in [0.29, 0.717) is 38.7 Å². The third-order valence-electron chi connectivity index (χ3n) is 4.60. The van der Waals surface area contributed by atoms with Crippen LogP contribution in [0.2, 0.25) is 0 Å². The van der Waals surface area contributed by atoms with Gasteiger partial charge in [-0.25, -0.2) is 17.5 Å². The molecule has 0 unspecified atom stereocenters. The fraction of sp³-hybridized carbons (Fsp3) is 0.875. The molecule has 27 heavy (non-hydrogen) atoms. The Morgan fingerprint density at radius 1 is 1.22 bits per heavy atom. The van der Waals surface area contributed by atoms with Crippen molar-refractivity contribution in [2.24, 2.45) is 4.99 Å². The summed E-state index contributed by atoms with van der Waals surface area (Å²) in [5.41, 5.74) is 0. The van der Waals surface area contributed by atoms with Gasteiger partial charge in [0.05, 0.1) is 19.4 Å². The number of methoxy groups -OCH3 is 1. The smallest absolute Gasteiger partial charge is 0.409 e. The second-order valence-electron chi connectivity index (χ2n) is 6.46. The van der Waals surface area contributed by atoms with Gasteiger partial charge in [-0.1, -0.05) is 0 Å². The topological polar surface area (TPSA) is 103 Å². The minimum absolute atomic E-state index is 0.0228. The van der Waals surface area contributed by atoms with Crippen molar-refractivity contribution in [2.45, 2.75) is 25.8 Å². The largest absolute Gasteiger partial charge is 0.453 e. The number of hydrogen-bond donors (Lipinski definition) is 2. The minimum atomic E-state index is -3.25. The maximum Gasteiger partial charge on any atom is 0.409 e. The van der Waals surface area contributed by atoms with Crippen LogP contribution in [0.1, 0.15) is 19.8 Å². The molecule has 0 radical (unpaired) electrons. The van der Waals surface area contributed by atoms with E-state index in [4.69, 9.17) is 4.74 Å². The number of amides is 1. The molecule has 2 fully saturated rings. The van der Waals surface area contributed by atoms with E-state index in [2.05, 4.69) is 15.6 Å². The second kappa shape index (κ2) is 11.0. The van der Waals surface area contributed by atoms with E-state index in [-0.39, 0.29) is 24.4 Å². The minimum Gasteiger partial charge on any atom is -0.453 e. The second-order valence-corrected chi connectivity index (χ2v) is 9.78. The maximum absolute atomic E-state index is 12.4. The molecular weight excluding hydrogens is 390 g/mol. The van der Waals surface area contributed by atoms with Crippen molar-refractivity contribution in [1.29, 1.82) is 0 Å². The molecule has 156 valence electrons. The van der Waals surface area contributed by atoms with E-state index in [1.54, 1.807) is 21.0 Å². The van der Waals surface area contributed by atoms with Crippen molar-refractivity contribution >= 4 is 33.8 Å². The molecule has 2 aliphatic heterocycles. The highest BCUT2D eigenvalue weighted by atomic mass is 32.2. The van der Waals surface area contributed by atoms with Crippen LogP contribution in [0, 0.1) is 0 Å². The van der Waals surface area contributed by atoms with Gasteiger partial charge in [0.25, 0.3) is 0 Å². The third kappa shape index (κ3) is 7.04. The number of carbonyl (C=O) groups is 1. The van der Waals surface area contributed by atoms with Gasteiger partial charge in [-0.3, -0.25) is 4.99 Å². The number of piperidine rings is 1. The van der Waals surface area contributed by atoms with Crippen molar-refractivity contribution in [1.82, 2.24) is 19.8 Å². The molecule has 0 aromatic heterocycles. The molecule has 2 heterocycles. The van der Waals surface area contributed by atoms with Crippen molar-refractivity contribution in [2.75, 3.05) is 63.6 Å². The summed E-state index contributed by atoms with van der Waals surface area (Å²) in [7, 11) is -1.86. The third-order valence-corrected chi connectivity index (χ3v) is 7.39. The van der Waals surface area contributed by atoms with E-state index in [1.165, 1.54) is 7.11 Å². The zero-order chi connectivity index (χ0) is 19.7. The van der Waals surface area contributed by atoms with Gasteiger partial charge >= 0.3 is 6.09 Å². The quantitative estimate of drug-likeness (QED) is 0.465. The average Bonchev–Trinajstić information content (AvgIpc) is 2.68. The summed E-state index contributed by atoms with van der Waals surface area (Å²) in [5.74, 6) is 2.36. The molecule has 11 heteroatoms. The number of hydrogen-bond acceptors (Lipinski definition) is 6. The van der Waals surface area contributed by atoms with Gasteiger partial charge in [0.15, 0.2) is 5.96 Å². The highest BCUT2D eigenvalue weighted by Crippen LogP contribution is 2.13. The average molecular weight is 422 g/mol. The number of aliphatic imine (C=N–C) groups is 1. The van der Waals surface area contributed by atoms with Gasteiger partial charge in [0.1, 0.15) is 0 Å². The Labute approximate surface area is 166 Å². The summed E-state index contributed by atoms with van der Waals surface area (Å²) in [4.78, 5) is 17.7. The van der Waals surface area contributed by atoms with Crippen LogP contribution in [0.3, 0.4) is 0 Å². The number of guanidine groups is 1. The summed E-state index contributed by atoms with van der Waals surface area (Å²) in [5, 5.41) is 6.51. The van der Waals surface area contributed by atoms with Crippen molar-refractivity contribution in [3.8, 4) is 0 Å². The molecule has 2 saturated heterocycles. The van der Waals surface area contributed by atoms with Gasteiger partial charge in [0, 0.05) is 50.3 Å². The van der Waals surface area contributed by atoms with Crippen molar-refractivity contribution in [3.63, 3.8) is 0 Å². The number of sulfonamides is 1. The number of carbonyl (C=O) groups excluding carboxylic acids is 1. The number of rotatable bonds is 6. The van der Waals surface area contributed by atoms with Gasteiger partial charge in [-0.15, -0.1) is 0 Å². The highest BCUT2D eigenvalue weighted by molar-refractivity contribution is 7.99. The Kier molecular flexibility index (Phi) is 8.97. The van der Waals surface area contributed by atoms with Crippen LogP contribution in [0.15, 0.2) is 4.99 Å². The monoisotopic (exact) mass is 421 g/mol. The van der Waals surface area contributed by atoms with Crippen LogP contribution >= 0.6 is 11.8 Å². The Morgan fingerprint density at radius 3 is 2.48 bits per heavy atom. The molecule has 0 atom stereocenters. The lowest BCUT2D eigenvalue weighted by molar-refractivity contribution is 0.111. The molecule has 0 aliphatic carbocycles. The van der Waals surface area contributed by atoms with Crippen LogP contribution in [-0.2, 0) is 14.8 Å². The first-order chi connectivity index (χ1) is 13.0. The van der Waals surface area contributed by atoms with Crippen LogP contribution in [0.25, 0.3) is 0 Å². The Morgan fingerprint density at radius 2 is 1.89 bits per heavy atom. The summed E-state index contributed by atoms with van der Waals surface area (Å²) >= 11 is 1.79. The van der Waals surface area contributed by atoms with E-state index < -0.39 is 10.0 Å². The van der Waals surface area contributed by atoms with E-state index in [9.17, 15) is 13.2 Å². The first kappa shape index (κ1) is 22.1. The SMILES string of the molecule is CCNC(=NCCS(=O)(=O)N1CCSCC1)NC1CCN(C(=O)OC)CC1. The van der Waals surface area contributed by atoms with Crippen LogP contribution < -0.4 is 10.6 Å². The molecule has 0 spiro atoms. The molecule has 1 amide bonds. The molecule has 0 aromatic rings. The Bertz CT molecular complexity index is 600. The first-order valence-electron chi connectivity index (χ1n) is 9.39. The lowest BCUT2D eigenvalue weighted by Crippen LogP contribution is -2.50. The predicted molar refractivity (Wildman–Crippen MR) is 109 cm³/mol. The molecule has 0 bridgehead atoms. The number of ether oxygens (including phenoxy) is 1. The zero-order valence-corrected chi connectivity index (χ0v) is 17.8. The van der Waals surface area contributed by atoms with Gasteiger partial charge in [-0.05, 0) is 19.8 Å². The van der Waals surface area contributed by atoms with Crippen molar-refractivity contribution in [3.05, 3.63) is 0 Å². The van der Waals surface area contributed by atoms with Crippen LogP contribution in [-0.4, -0.2) is 99.4 Å². The predicted octanol–water partition coefficient (Wildman–Crippen LogP) is 0.151. The molecule has 0 aromatic carbocycles. The van der Waals surface area contributed by atoms with E-state index in [0.717, 1.165) is 24.3 Å². The normalized spacial score (nSPS) is 20.4. The molecular formula is C16H31N5O4S2. The molecule has 2 rings (SSSR count). The molecule has 9 nitrogen and oxygen atoms in total. The maximum atomic E-state index is 12.4. The number of likely N-dealkylation sites (tertiary alicyclic amines) is 1. The number of nitrogens with zero attached hydrogens (tertiary/aromatic N) is 3. The summed E-state index contributed by atoms with van der Waals surface area (Å²) in [6, 6.07) is 0.194. The van der Waals surface area contributed by atoms with E-state index >= 15 is 0 Å². The molecule has 2 N–H and O–H groups in total. The highest BCUT2D eigenvalue weighted by Gasteiger charge is 2.25. The fourth-order valence-electron chi connectivity index (χ4n) is 3.08. The van der Waals surface area contributed by atoms with Gasteiger partial charge in [-0.2, -0.15) is 11.8 Å². The lowest BCUT2D eigenvalue weighted by atomic mass is 10.1. The Balaban J connectivity index is 1.82. The lowest BCUT2D eigenvalue weighted by Gasteiger charge is -2.32. The summed E-state index contributed by atoms with van der Waals surface area (Å²) in [6.45, 7) is 5.34. The standard InChI is InChI=1S/C16H31N5O4S2/c1-3-17-15(19-14-4-7-20(8-5-14)16(22)25-2)18-6-13-27(23,24)21-9-11-26-12-10-21/h14H,3-13H2,1-2H3,(H2,17,18,19). The van der Waals surface area contributed by atoms with Crippen LogP contribution in [0.4, 0.5) is 4.79 Å². The van der Waals surface area contributed by atoms with Gasteiger partial charge in [0.2, 0.25) is 10.0 Å². The first-order valence-corrected chi connectivity index (χ1v) is 12.2. The zero-order valence-electron chi connectivity index (χ0n) is 16.1. The molecule has 2 aliphatic rings. The number of nitrogens with one attached hydrogen (secondary N) is 2. The van der Waals surface area contributed by atoms with E-state index in [1.807, 2.05) is 6.92 Å². The Hall–Kier alpha value is -1.20.